The highest BCUT2D eigenvalue weighted by Gasteiger charge is 2.32. The third-order valence-electron chi connectivity index (χ3n) is 4.79. The van der Waals surface area contributed by atoms with Crippen LogP contribution in [-0.2, 0) is 25.5 Å². The highest BCUT2D eigenvalue weighted by atomic mass is 16.5. The molecular formula is C21H22O6. The van der Waals surface area contributed by atoms with Crippen LogP contribution in [0.5, 0.6) is 0 Å². The second-order valence-corrected chi connectivity index (χ2v) is 7.05. The first-order chi connectivity index (χ1) is 12.8. The number of allylic oxidation sites excluding steroid dienone is 1. The van der Waals surface area contributed by atoms with Gasteiger partial charge in [0.05, 0.1) is 7.11 Å². The predicted molar refractivity (Wildman–Crippen MR) is 97.9 cm³/mol. The van der Waals surface area contributed by atoms with Crippen molar-refractivity contribution >= 4 is 23.8 Å². The van der Waals surface area contributed by atoms with Gasteiger partial charge in [0.25, 0.3) is 0 Å². The summed E-state index contributed by atoms with van der Waals surface area (Å²) in [7, 11) is 1.30. The van der Waals surface area contributed by atoms with Gasteiger partial charge >= 0.3 is 11.9 Å². The largest absolute Gasteiger partial charge is 0.465 e. The van der Waals surface area contributed by atoms with Crippen LogP contribution >= 0.6 is 0 Å². The third-order valence-corrected chi connectivity index (χ3v) is 4.79. The summed E-state index contributed by atoms with van der Waals surface area (Å²) < 4.78 is 16.0. The molecule has 27 heavy (non-hydrogen) atoms. The fraction of sp³-hybridized carbons (Fsp3) is 0.381. The molecule has 0 radical (unpaired) electrons. The van der Waals surface area contributed by atoms with Crippen LogP contribution in [0.1, 0.15) is 48.6 Å². The Hall–Kier alpha value is -2.89. The van der Waals surface area contributed by atoms with Crippen molar-refractivity contribution in [1.29, 1.82) is 0 Å². The SMILES string of the molecule is C=C(C)C1Cc2oc(cc2C(=O)OC)C=C(C)CC2C=C(CC1=O)C(=O)O2. The molecule has 0 saturated carbocycles. The third kappa shape index (κ3) is 3.94. The average Bonchev–Trinajstić information content (AvgIpc) is 3.14. The van der Waals surface area contributed by atoms with Crippen molar-refractivity contribution < 1.29 is 28.3 Å². The molecule has 3 rings (SSSR count). The summed E-state index contributed by atoms with van der Waals surface area (Å²) in [6, 6.07) is 1.61. The lowest BCUT2D eigenvalue weighted by atomic mass is 9.88. The molecule has 2 unspecified atom stereocenters. The molecule has 0 aromatic carbocycles. The lowest BCUT2D eigenvalue weighted by molar-refractivity contribution is -0.140. The molecule has 1 aromatic heterocycles. The van der Waals surface area contributed by atoms with Crippen LogP contribution in [0.4, 0.5) is 0 Å². The Kier molecular flexibility index (Phi) is 5.17. The molecule has 142 valence electrons. The van der Waals surface area contributed by atoms with Crippen LogP contribution in [0.15, 0.2) is 39.9 Å². The summed E-state index contributed by atoms with van der Waals surface area (Å²) in [5.41, 5.74) is 2.22. The predicted octanol–water partition coefficient (Wildman–Crippen LogP) is 3.42. The van der Waals surface area contributed by atoms with E-state index in [-0.39, 0.29) is 18.6 Å². The summed E-state index contributed by atoms with van der Waals surface area (Å²) in [5, 5.41) is 0. The van der Waals surface area contributed by atoms with Gasteiger partial charge in [-0.2, -0.15) is 0 Å². The van der Waals surface area contributed by atoms with E-state index in [0.29, 0.717) is 34.7 Å². The number of Topliss-reactive ketones (excluding diaryl/α,β-unsaturated/α-hetero) is 1. The summed E-state index contributed by atoms with van der Waals surface area (Å²) in [6.07, 6.45) is 3.74. The minimum Gasteiger partial charge on any atom is -0.465 e. The summed E-state index contributed by atoms with van der Waals surface area (Å²) in [6.45, 7) is 7.54. The van der Waals surface area contributed by atoms with Crippen molar-refractivity contribution in [3.63, 3.8) is 0 Å². The van der Waals surface area contributed by atoms with E-state index in [1.165, 1.54) is 7.11 Å². The first-order valence-corrected chi connectivity index (χ1v) is 8.76. The van der Waals surface area contributed by atoms with Gasteiger partial charge in [0.15, 0.2) is 0 Å². The normalized spacial score (nSPS) is 22.6. The Balaban J connectivity index is 2.08. The molecule has 0 spiro atoms. The van der Waals surface area contributed by atoms with Crippen LogP contribution in [0, 0.1) is 5.92 Å². The zero-order valence-electron chi connectivity index (χ0n) is 15.7. The monoisotopic (exact) mass is 370 g/mol. The van der Waals surface area contributed by atoms with E-state index in [1.54, 1.807) is 25.1 Å². The number of methoxy groups -OCH3 is 1. The van der Waals surface area contributed by atoms with E-state index in [1.807, 2.05) is 6.92 Å². The number of esters is 2. The molecule has 0 amide bonds. The number of fused-ring (bicyclic) bond motifs is 3. The topological polar surface area (TPSA) is 82.8 Å². The zero-order chi connectivity index (χ0) is 19.7. The number of rotatable bonds is 2. The average molecular weight is 370 g/mol. The van der Waals surface area contributed by atoms with E-state index in [2.05, 4.69) is 6.58 Å². The molecule has 4 bridgehead atoms. The van der Waals surface area contributed by atoms with Crippen molar-refractivity contribution in [2.45, 2.75) is 39.2 Å². The van der Waals surface area contributed by atoms with Gasteiger partial charge in [-0.1, -0.05) is 17.7 Å². The molecular weight excluding hydrogens is 348 g/mol. The highest BCUT2D eigenvalue weighted by molar-refractivity contribution is 5.99. The van der Waals surface area contributed by atoms with Gasteiger partial charge in [-0.05, 0) is 32.1 Å². The standard InChI is InChI=1S/C21H22O6/c1-11(2)16-10-19-17(21(24)25-4)9-15(26-19)6-12(3)5-14-7-13(8-18(16)22)20(23)27-14/h6-7,9,14,16H,1,5,8,10H2,2-4H3. The highest BCUT2D eigenvalue weighted by Crippen LogP contribution is 2.30. The molecule has 0 fully saturated rings. The molecule has 6 heteroatoms. The van der Waals surface area contributed by atoms with E-state index >= 15 is 0 Å². The van der Waals surface area contributed by atoms with Gasteiger partial charge < -0.3 is 13.9 Å². The molecule has 0 aliphatic carbocycles. The first kappa shape index (κ1) is 18.9. The minimum atomic E-state index is -0.578. The smallest absolute Gasteiger partial charge is 0.341 e. The van der Waals surface area contributed by atoms with E-state index in [9.17, 15) is 14.4 Å². The number of furan rings is 1. The number of carbonyl (C=O) groups excluding carboxylic acids is 3. The fourth-order valence-electron chi connectivity index (χ4n) is 3.40. The van der Waals surface area contributed by atoms with Gasteiger partial charge in [-0.25, -0.2) is 9.59 Å². The van der Waals surface area contributed by atoms with Gasteiger partial charge in [-0.15, -0.1) is 0 Å². The second kappa shape index (κ2) is 7.39. The maximum Gasteiger partial charge on any atom is 0.341 e. The van der Waals surface area contributed by atoms with Gasteiger partial charge in [0, 0.05) is 30.8 Å². The van der Waals surface area contributed by atoms with E-state index in [4.69, 9.17) is 13.9 Å². The van der Waals surface area contributed by atoms with Crippen molar-refractivity contribution in [2.24, 2.45) is 5.92 Å². The molecule has 2 aliphatic rings. The van der Waals surface area contributed by atoms with Crippen LogP contribution in [-0.4, -0.2) is 30.9 Å². The summed E-state index contributed by atoms with van der Waals surface area (Å²) in [4.78, 5) is 37.1. The Morgan fingerprint density at radius 1 is 1.30 bits per heavy atom. The van der Waals surface area contributed by atoms with E-state index in [0.717, 1.165) is 5.57 Å². The number of ketones is 1. The Bertz CT molecular complexity index is 882. The van der Waals surface area contributed by atoms with Gasteiger partial charge in [-0.3, -0.25) is 4.79 Å². The lowest BCUT2D eigenvalue weighted by Gasteiger charge is -2.15. The van der Waals surface area contributed by atoms with Crippen LogP contribution in [0.2, 0.25) is 0 Å². The molecule has 0 N–H and O–H groups in total. The van der Waals surface area contributed by atoms with Crippen LogP contribution in [0.3, 0.4) is 0 Å². The molecule has 2 atom stereocenters. The summed E-state index contributed by atoms with van der Waals surface area (Å²) >= 11 is 0. The van der Waals surface area contributed by atoms with Crippen molar-refractivity contribution in [3.05, 3.63) is 52.5 Å². The molecule has 0 saturated heterocycles. The van der Waals surface area contributed by atoms with E-state index < -0.39 is 24.0 Å². The number of hydrogen-bond acceptors (Lipinski definition) is 6. The minimum absolute atomic E-state index is 0.0310. The number of carbonyl (C=O) groups is 3. The van der Waals surface area contributed by atoms with Crippen molar-refractivity contribution in [1.82, 2.24) is 0 Å². The van der Waals surface area contributed by atoms with Crippen molar-refractivity contribution in [2.75, 3.05) is 7.11 Å². The van der Waals surface area contributed by atoms with Crippen molar-refractivity contribution in [3.8, 4) is 0 Å². The van der Waals surface area contributed by atoms with Gasteiger partial charge in [0.2, 0.25) is 0 Å². The molecule has 6 nitrogen and oxygen atoms in total. The van der Waals surface area contributed by atoms with Crippen LogP contribution in [0.25, 0.3) is 6.08 Å². The fourth-order valence-corrected chi connectivity index (χ4v) is 3.40. The molecule has 1 aromatic rings. The zero-order valence-corrected chi connectivity index (χ0v) is 15.7. The number of ether oxygens (including phenoxy) is 2. The number of hydrogen-bond donors (Lipinski definition) is 0. The first-order valence-electron chi connectivity index (χ1n) is 8.76. The Labute approximate surface area is 157 Å². The maximum absolute atomic E-state index is 12.8. The van der Waals surface area contributed by atoms with Crippen LogP contribution < -0.4 is 0 Å². The Morgan fingerprint density at radius 2 is 2.04 bits per heavy atom. The van der Waals surface area contributed by atoms with Gasteiger partial charge in [0.1, 0.15) is 29.0 Å². The quantitative estimate of drug-likeness (QED) is 0.586. The molecule has 2 aliphatic heterocycles. The summed E-state index contributed by atoms with van der Waals surface area (Å²) in [5.74, 6) is -0.847. The Morgan fingerprint density at radius 3 is 2.70 bits per heavy atom. The molecule has 3 heterocycles. The second-order valence-electron chi connectivity index (χ2n) is 7.05. The maximum atomic E-state index is 12.8. The lowest BCUT2D eigenvalue weighted by Crippen LogP contribution is -2.21.